The van der Waals surface area contributed by atoms with Crippen LogP contribution in [-0.4, -0.2) is 13.2 Å². The van der Waals surface area contributed by atoms with Gasteiger partial charge in [-0.15, -0.1) is 0 Å². The van der Waals surface area contributed by atoms with E-state index >= 15 is 0 Å². The molecule has 0 bridgehead atoms. The van der Waals surface area contributed by atoms with Gasteiger partial charge in [0, 0.05) is 13.2 Å². The summed E-state index contributed by atoms with van der Waals surface area (Å²) in [6, 6.07) is 0. The van der Waals surface area contributed by atoms with Gasteiger partial charge in [-0.25, -0.2) is 0 Å². The summed E-state index contributed by atoms with van der Waals surface area (Å²) in [6.07, 6.45) is 51.5. The third kappa shape index (κ3) is 36.6. The van der Waals surface area contributed by atoms with E-state index in [1.807, 2.05) is 0 Å². The zero-order valence-electron chi connectivity index (χ0n) is 32.4. The van der Waals surface area contributed by atoms with Crippen LogP contribution in [0.25, 0.3) is 0 Å². The van der Waals surface area contributed by atoms with E-state index in [-0.39, 0.29) is 0 Å². The summed E-state index contributed by atoms with van der Waals surface area (Å²) in [6.45, 7) is 11.4. The minimum absolute atomic E-state index is 0.803. The average molecular weight is 635 g/mol. The molecule has 0 heterocycles. The highest BCUT2D eigenvalue weighted by molar-refractivity contribution is 4.64. The van der Waals surface area contributed by atoms with Crippen LogP contribution in [0.3, 0.4) is 0 Å². The first-order valence-electron chi connectivity index (χ1n) is 21.9. The predicted molar refractivity (Wildman–Crippen MR) is 207 cm³/mol. The summed E-state index contributed by atoms with van der Waals surface area (Å²) >= 11 is 0. The maximum Gasteiger partial charge on any atom is 0.0494 e. The van der Waals surface area contributed by atoms with Crippen molar-refractivity contribution in [1.82, 2.24) is 0 Å². The molecule has 45 heavy (non-hydrogen) atoms. The highest BCUT2D eigenvalue weighted by Gasteiger charge is 2.13. The van der Waals surface area contributed by atoms with Gasteiger partial charge in [0.1, 0.15) is 0 Å². The molecule has 0 fully saturated rings. The van der Waals surface area contributed by atoms with Crippen molar-refractivity contribution in [2.75, 3.05) is 13.2 Å². The zero-order valence-corrected chi connectivity index (χ0v) is 32.4. The van der Waals surface area contributed by atoms with Gasteiger partial charge < -0.3 is 4.74 Å². The number of ether oxygens (including phenoxy) is 1. The minimum atomic E-state index is 0.803. The van der Waals surface area contributed by atoms with Gasteiger partial charge in [0.2, 0.25) is 0 Å². The van der Waals surface area contributed by atoms with E-state index in [9.17, 15) is 0 Å². The summed E-state index contributed by atoms with van der Waals surface area (Å²) in [5, 5.41) is 0. The Labute approximate surface area is 288 Å². The van der Waals surface area contributed by atoms with Gasteiger partial charge in [0.05, 0.1) is 0 Å². The molecule has 0 aliphatic carbocycles. The number of rotatable bonds is 40. The largest absolute Gasteiger partial charge is 0.381 e. The van der Waals surface area contributed by atoms with Crippen molar-refractivity contribution in [3.8, 4) is 0 Å². The lowest BCUT2D eigenvalue weighted by atomic mass is 9.93. The summed E-state index contributed by atoms with van der Waals surface area (Å²) in [7, 11) is 0. The minimum Gasteiger partial charge on any atom is -0.381 e. The molecule has 0 saturated carbocycles. The Hall–Kier alpha value is -0.0400. The molecule has 0 aliphatic heterocycles. The van der Waals surface area contributed by atoms with Crippen LogP contribution < -0.4 is 0 Å². The zero-order chi connectivity index (χ0) is 32.7. The fraction of sp³-hybridized carbons (Fsp3) is 1.00. The summed E-state index contributed by atoms with van der Waals surface area (Å²) < 4.78 is 6.65. The van der Waals surface area contributed by atoms with Crippen LogP contribution in [0.2, 0.25) is 0 Å². The third-order valence-electron chi connectivity index (χ3n) is 10.6. The van der Waals surface area contributed by atoms with E-state index in [0.29, 0.717) is 0 Å². The quantitative estimate of drug-likeness (QED) is 0.0609. The van der Waals surface area contributed by atoms with E-state index in [4.69, 9.17) is 4.74 Å². The first kappa shape index (κ1) is 45.0. The molecule has 0 atom stereocenters. The molecule has 0 aromatic heterocycles. The monoisotopic (exact) mass is 635 g/mol. The van der Waals surface area contributed by atoms with Gasteiger partial charge in [-0.05, 0) is 37.5 Å². The molecule has 1 heteroatoms. The molecular formula is C44H90O. The summed E-state index contributed by atoms with van der Waals surface area (Å²) in [4.78, 5) is 0. The average Bonchev–Trinajstić information content (AvgIpc) is 3.05. The van der Waals surface area contributed by atoms with Crippen molar-refractivity contribution >= 4 is 0 Å². The van der Waals surface area contributed by atoms with E-state index in [2.05, 4.69) is 27.7 Å². The molecule has 0 aromatic rings. The maximum absolute atomic E-state index is 6.65. The SMILES string of the molecule is CCCCCCCCCCC(CCCCCCCCCC)COCC(CCCCCCCCCC)CCCCCCCCCC. The Balaban J connectivity index is 4.55. The van der Waals surface area contributed by atoms with Crippen molar-refractivity contribution in [2.24, 2.45) is 11.8 Å². The van der Waals surface area contributed by atoms with E-state index < -0.39 is 0 Å². The molecule has 0 unspecified atom stereocenters. The fourth-order valence-corrected chi connectivity index (χ4v) is 7.29. The van der Waals surface area contributed by atoms with Gasteiger partial charge in [-0.2, -0.15) is 0 Å². The van der Waals surface area contributed by atoms with Gasteiger partial charge in [-0.3, -0.25) is 0 Å². The normalized spacial score (nSPS) is 11.9. The second kappa shape index (κ2) is 40.1. The van der Waals surface area contributed by atoms with E-state index in [1.165, 1.54) is 231 Å². The molecule has 0 rings (SSSR count). The lowest BCUT2D eigenvalue weighted by Gasteiger charge is -2.21. The lowest BCUT2D eigenvalue weighted by molar-refractivity contribution is 0.0587. The highest BCUT2D eigenvalue weighted by Crippen LogP contribution is 2.23. The summed E-state index contributed by atoms with van der Waals surface area (Å²) in [5.41, 5.74) is 0. The Morgan fingerprint density at radius 2 is 0.422 bits per heavy atom. The third-order valence-corrected chi connectivity index (χ3v) is 10.6. The predicted octanol–water partition coefficient (Wildman–Crippen LogP) is 16.4. The topological polar surface area (TPSA) is 9.23 Å². The lowest BCUT2D eigenvalue weighted by Crippen LogP contribution is -2.16. The summed E-state index contributed by atoms with van der Waals surface area (Å²) in [5.74, 6) is 1.61. The number of unbranched alkanes of at least 4 members (excludes halogenated alkanes) is 28. The molecule has 0 aliphatic rings. The van der Waals surface area contributed by atoms with Crippen LogP contribution in [0.1, 0.15) is 259 Å². The standard InChI is InChI=1S/C44H90O/c1-5-9-13-17-21-25-29-33-37-43(38-34-30-26-22-18-14-10-6-2)41-45-42-44(39-35-31-27-23-19-15-11-7-3)40-36-32-28-24-20-16-12-8-4/h43-44H,5-42H2,1-4H3. The van der Waals surface area contributed by atoms with Crippen LogP contribution in [0.15, 0.2) is 0 Å². The molecule has 0 aromatic carbocycles. The van der Waals surface area contributed by atoms with Crippen LogP contribution in [-0.2, 0) is 4.74 Å². The van der Waals surface area contributed by atoms with Crippen LogP contribution >= 0.6 is 0 Å². The van der Waals surface area contributed by atoms with Crippen LogP contribution in [0, 0.1) is 11.8 Å². The molecule has 272 valence electrons. The first-order chi connectivity index (χ1) is 22.3. The molecule has 0 radical (unpaired) electrons. The second-order valence-electron chi connectivity index (χ2n) is 15.3. The van der Waals surface area contributed by atoms with Gasteiger partial charge >= 0.3 is 0 Å². The Morgan fingerprint density at radius 3 is 0.622 bits per heavy atom. The molecular weight excluding hydrogens is 544 g/mol. The Morgan fingerprint density at radius 1 is 0.244 bits per heavy atom. The second-order valence-corrected chi connectivity index (χ2v) is 15.3. The Kier molecular flexibility index (Phi) is 40.1. The van der Waals surface area contributed by atoms with Crippen molar-refractivity contribution in [1.29, 1.82) is 0 Å². The van der Waals surface area contributed by atoms with Crippen molar-refractivity contribution in [3.05, 3.63) is 0 Å². The molecule has 0 N–H and O–H groups in total. The van der Waals surface area contributed by atoms with Gasteiger partial charge in [0.25, 0.3) is 0 Å². The van der Waals surface area contributed by atoms with Crippen molar-refractivity contribution in [2.45, 2.75) is 259 Å². The fourth-order valence-electron chi connectivity index (χ4n) is 7.29. The molecule has 1 nitrogen and oxygen atoms in total. The number of hydrogen-bond donors (Lipinski definition) is 0. The molecule has 0 spiro atoms. The molecule has 0 saturated heterocycles. The maximum atomic E-state index is 6.65. The van der Waals surface area contributed by atoms with Gasteiger partial charge in [-0.1, -0.05) is 233 Å². The molecule has 0 amide bonds. The Bertz CT molecular complexity index is 417. The van der Waals surface area contributed by atoms with Crippen LogP contribution in [0.5, 0.6) is 0 Å². The first-order valence-corrected chi connectivity index (χ1v) is 21.9. The van der Waals surface area contributed by atoms with Crippen molar-refractivity contribution < 1.29 is 4.74 Å². The number of hydrogen-bond acceptors (Lipinski definition) is 1. The smallest absolute Gasteiger partial charge is 0.0494 e. The van der Waals surface area contributed by atoms with Crippen molar-refractivity contribution in [3.63, 3.8) is 0 Å². The van der Waals surface area contributed by atoms with E-state index in [0.717, 1.165) is 25.0 Å². The highest BCUT2D eigenvalue weighted by atomic mass is 16.5. The van der Waals surface area contributed by atoms with E-state index in [1.54, 1.807) is 0 Å². The van der Waals surface area contributed by atoms with Crippen LogP contribution in [0.4, 0.5) is 0 Å². The van der Waals surface area contributed by atoms with Gasteiger partial charge in [0.15, 0.2) is 0 Å².